The summed E-state index contributed by atoms with van der Waals surface area (Å²) in [6.45, 7) is 4.87. The maximum atomic E-state index is 13.3. The van der Waals surface area contributed by atoms with E-state index in [0.29, 0.717) is 30.3 Å². The van der Waals surface area contributed by atoms with Gasteiger partial charge in [-0.05, 0) is 56.2 Å². The van der Waals surface area contributed by atoms with Gasteiger partial charge >= 0.3 is 0 Å². The number of anilines is 1. The first kappa shape index (κ1) is 19.0. The molecule has 2 aromatic carbocycles. The number of carbonyl (C=O) groups excluding carboxylic acids is 1. The van der Waals surface area contributed by atoms with Gasteiger partial charge < -0.3 is 14.4 Å². The average molecular weight is 388 g/mol. The van der Waals surface area contributed by atoms with E-state index in [1.54, 1.807) is 30.6 Å². The van der Waals surface area contributed by atoms with Gasteiger partial charge in [-0.1, -0.05) is 24.3 Å². The van der Waals surface area contributed by atoms with E-state index in [1.165, 1.54) is 5.56 Å². The smallest absolute Gasteiger partial charge is 0.258 e. The number of ether oxygens (including phenoxy) is 2. The molecule has 0 N–H and O–H groups in total. The number of hydrogen-bond acceptors (Lipinski definition) is 4. The summed E-state index contributed by atoms with van der Waals surface area (Å²) in [5.74, 6) is 1.16. The van der Waals surface area contributed by atoms with Gasteiger partial charge in [-0.25, -0.2) is 0 Å². The standard InChI is InChI=1S/C24H24N2O3/c1-3-28-23-14-20(10-11-22(23)29-16-18-7-6-12-25-15-18)24(27)26-17(2)13-19-8-4-5-9-21(19)26/h4-12,14-15,17H,3,13,16H2,1-2H3/t17-/m0/s1. The van der Waals surface area contributed by atoms with Gasteiger partial charge in [0, 0.05) is 35.2 Å². The Morgan fingerprint density at radius 2 is 1.97 bits per heavy atom. The van der Waals surface area contributed by atoms with Crippen LogP contribution >= 0.6 is 0 Å². The monoisotopic (exact) mass is 388 g/mol. The normalized spacial score (nSPS) is 15.1. The van der Waals surface area contributed by atoms with Crippen molar-refractivity contribution in [3.63, 3.8) is 0 Å². The highest BCUT2D eigenvalue weighted by Crippen LogP contribution is 2.35. The van der Waals surface area contributed by atoms with Crippen LogP contribution in [0.3, 0.4) is 0 Å². The first-order chi connectivity index (χ1) is 14.2. The topological polar surface area (TPSA) is 51.7 Å². The molecule has 1 aromatic heterocycles. The molecule has 1 atom stereocenters. The van der Waals surface area contributed by atoms with Crippen molar-refractivity contribution in [3.05, 3.63) is 83.7 Å². The summed E-state index contributed by atoms with van der Waals surface area (Å²) >= 11 is 0. The van der Waals surface area contributed by atoms with Crippen molar-refractivity contribution in [2.24, 2.45) is 0 Å². The number of rotatable bonds is 6. The molecule has 0 fully saturated rings. The molecule has 4 rings (SSSR count). The Kier molecular flexibility index (Phi) is 5.47. The first-order valence-corrected chi connectivity index (χ1v) is 9.87. The fourth-order valence-corrected chi connectivity index (χ4v) is 3.69. The quantitative estimate of drug-likeness (QED) is 0.617. The van der Waals surface area contributed by atoms with Gasteiger partial charge in [-0.3, -0.25) is 9.78 Å². The summed E-state index contributed by atoms with van der Waals surface area (Å²) in [7, 11) is 0. The molecular weight excluding hydrogens is 364 g/mol. The molecule has 0 bridgehead atoms. The Bertz CT molecular complexity index is 1000. The van der Waals surface area contributed by atoms with Gasteiger partial charge in [-0.15, -0.1) is 0 Å². The molecule has 0 unspecified atom stereocenters. The number of para-hydroxylation sites is 1. The minimum absolute atomic E-state index is 0.0257. The fraction of sp³-hybridized carbons (Fsp3) is 0.250. The van der Waals surface area contributed by atoms with E-state index in [9.17, 15) is 4.79 Å². The second-order valence-corrected chi connectivity index (χ2v) is 7.10. The number of aromatic nitrogens is 1. The molecule has 0 saturated heterocycles. The number of carbonyl (C=O) groups is 1. The molecule has 3 aromatic rings. The minimum atomic E-state index is -0.0257. The summed E-state index contributed by atoms with van der Waals surface area (Å²) in [5, 5.41) is 0. The maximum absolute atomic E-state index is 13.3. The largest absolute Gasteiger partial charge is 0.490 e. The van der Waals surface area contributed by atoms with Crippen LogP contribution in [0.5, 0.6) is 11.5 Å². The number of hydrogen-bond donors (Lipinski definition) is 0. The lowest BCUT2D eigenvalue weighted by Gasteiger charge is -2.23. The first-order valence-electron chi connectivity index (χ1n) is 9.87. The predicted octanol–water partition coefficient (Wildman–Crippen LogP) is 4.65. The van der Waals surface area contributed by atoms with Crippen LogP contribution in [0.25, 0.3) is 0 Å². The van der Waals surface area contributed by atoms with Crippen molar-refractivity contribution < 1.29 is 14.3 Å². The predicted molar refractivity (Wildman–Crippen MR) is 113 cm³/mol. The van der Waals surface area contributed by atoms with E-state index in [0.717, 1.165) is 17.7 Å². The SMILES string of the molecule is CCOc1cc(C(=O)N2c3ccccc3C[C@@H]2C)ccc1OCc1cccnc1. The molecule has 5 heteroatoms. The average Bonchev–Trinajstić information content (AvgIpc) is 3.09. The molecule has 0 aliphatic carbocycles. The Morgan fingerprint density at radius 1 is 1.10 bits per heavy atom. The van der Waals surface area contributed by atoms with Crippen molar-refractivity contribution in [1.29, 1.82) is 0 Å². The van der Waals surface area contributed by atoms with Gasteiger partial charge in [-0.2, -0.15) is 0 Å². The van der Waals surface area contributed by atoms with E-state index in [4.69, 9.17) is 9.47 Å². The summed E-state index contributed by atoms with van der Waals surface area (Å²) < 4.78 is 11.7. The molecule has 1 aliphatic rings. The molecule has 0 radical (unpaired) electrons. The van der Waals surface area contributed by atoms with Crippen LogP contribution in [-0.4, -0.2) is 23.5 Å². The number of pyridine rings is 1. The van der Waals surface area contributed by atoms with E-state index >= 15 is 0 Å². The van der Waals surface area contributed by atoms with E-state index in [1.807, 2.05) is 42.2 Å². The van der Waals surface area contributed by atoms with Crippen LogP contribution in [-0.2, 0) is 13.0 Å². The molecule has 0 saturated carbocycles. The molecule has 2 heterocycles. The molecule has 0 spiro atoms. The van der Waals surface area contributed by atoms with Crippen LogP contribution in [0.2, 0.25) is 0 Å². The highest BCUT2D eigenvalue weighted by molar-refractivity contribution is 6.08. The second-order valence-electron chi connectivity index (χ2n) is 7.10. The molecule has 1 amide bonds. The Morgan fingerprint density at radius 3 is 2.76 bits per heavy atom. The zero-order valence-electron chi connectivity index (χ0n) is 16.7. The number of benzene rings is 2. The zero-order valence-corrected chi connectivity index (χ0v) is 16.7. The summed E-state index contributed by atoms with van der Waals surface area (Å²) in [6, 6.07) is 17.4. The van der Waals surface area contributed by atoms with Crippen LogP contribution in [0.4, 0.5) is 5.69 Å². The fourth-order valence-electron chi connectivity index (χ4n) is 3.69. The molecule has 148 valence electrons. The van der Waals surface area contributed by atoms with Gasteiger partial charge in [0.1, 0.15) is 6.61 Å². The highest BCUT2D eigenvalue weighted by atomic mass is 16.5. The lowest BCUT2D eigenvalue weighted by molar-refractivity contribution is 0.0981. The summed E-state index contributed by atoms with van der Waals surface area (Å²) in [5.41, 5.74) is 3.75. The maximum Gasteiger partial charge on any atom is 0.258 e. The van der Waals surface area contributed by atoms with Crippen molar-refractivity contribution in [1.82, 2.24) is 4.98 Å². The third-order valence-corrected chi connectivity index (χ3v) is 5.03. The zero-order chi connectivity index (χ0) is 20.2. The van der Waals surface area contributed by atoms with Gasteiger partial charge in [0.15, 0.2) is 11.5 Å². The number of nitrogens with zero attached hydrogens (tertiary/aromatic N) is 2. The number of amides is 1. The van der Waals surface area contributed by atoms with Crippen molar-refractivity contribution in [2.75, 3.05) is 11.5 Å². The lowest BCUT2D eigenvalue weighted by Crippen LogP contribution is -2.35. The molecule has 5 nitrogen and oxygen atoms in total. The van der Waals surface area contributed by atoms with Crippen molar-refractivity contribution in [3.8, 4) is 11.5 Å². The Balaban J connectivity index is 1.58. The van der Waals surface area contributed by atoms with Gasteiger partial charge in [0.05, 0.1) is 6.61 Å². The minimum Gasteiger partial charge on any atom is -0.490 e. The van der Waals surface area contributed by atoms with Crippen LogP contribution in [0.15, 0.2) is 67.0 Å². The van der Waals surface area contributed by atoms with E-state index in [-0.39, 0.29) is 11.9 Å². The second kappa shape index (κ2) is 8.35. The number of fused-ring (bicyclic) bond motifs is 1. The van der Waals surface area contributed by atoms with Crippen LogP contribution < -0.4 is 14.4 Å². The van der Waals surface area contributed by atoms with Crippen molar-refractivity contribution >= 4 is 11.6 Å². The van der Waals surface area contributed by atoms with E-state index < -0.39 is 0 Å². The summed E-state index contributed by atoms with van der Waals surface area (Å²) in [6.07, 6.45) is 4.37. The van der Waals surface area contributed by atoms with Gasteiger partial charge in [0.2, 0.25) is 0 Å². The molecule has 29 heavy (non-hydrogen) atoms. The lowest BCUT2D eigenvalue weighted by atomic mass is 10.1. The van der Waals surface area contributed by atoms with Crippen LogP contribution in [0, 0.1) is 0 Å². The van der Waals surface area contributed by atoms with E-state index in [2.05, 4.69) is 18.0 Å². The Labute approximate surface area is 170 Å². The van der Waals surface area contributed by atoms with Gasteiger partial charge in [0.25, 0.3) is 5.91 Å². The third kappa shape index (κ3) is 3.94. The Hall–Kier alpha value is -3.34. The van der Waals surface area contributed by atoms with Crippen molar-refractivity contribution in [2.45, 2.75) is 32.9 Å². The highest BCUT2D eigenvalue weighted by Gasteiger charge is 2.31. The molecule has 1 aliphatic heterocycles. The third-order valence-electron chi connectivity index (χ3n) is 5.03. The summed E-state index contributed by atoms with van der Waals surface area (Å²) in [4.78, 5) is 19.3. The molecular formula is C24H24N2O3. The van der Waals surface area contributed by atoms with Crippen LogP contribution in [0.1, 0.15) is 35.3 Å².